The summed E-state index contributed by atoms with van der Waals surface area (Å²) in [6, 6.07) is 10.1. The second kappa shape index (κ2) is 6.13. The standard InChI is InChI=1S/C15H10ClN3O2S/c16-11-4-5-17-13(7-11)19-15-18-8-12(22-15)9-2-1-3-10(6-9)14(20)21/h1-8H,(H,20,21)(H,17,18,19). The van der Waals surface area contributed by atoms with E-state index in [1.54, 1.807) is 42.7 Å². The van der Waals surface area contributed by atoms with Crippen molar-refractivity contribution < 1.29 is 9.90 Å². The Hall–Kier alpha value is -2.44. The summed E-state index contributed by atoms with van der Waals surface area (Å²) in [4.78, 5) is 20.3. The molecule has 7 heteroatoms. The van der Waals surface area contributed by atoms with Gasteiger partial charge in [-0.2, -0.15) is 0 Å². The normalized spacial score (nSPS) is 10.4. The van der Waals surface area contributed by atoms with Crippen LogP contribution in [0.25, 0.3) is 10.4 Å². The van der Waals surface area contributed by atoms with Crippen LogP contribution in [-0.4, -0.2) is 21.0 Å². The van der Waals surface area contributed by atoms with Crippen LogP contribution < -0.4 is 5.32 Å². The molecule has 0 aliphatic heterocycles. The highest BCUT2D eigenvalue weighted by molar-refractivity contribution is 7.18. The lowest BCUT2D eigenvalue weighted by atomic mass is 10.1. The van der Waals surface area contributed by atoms with Crippen LogP contribution in [0.4, 0.5) is 10.9 Å². The molecule has 0 saturated carbocycles. The molecule has 3 rings (SSSR count). The van der Waals surface area contributed by atoms with Crippen molar-refractivity contribution in [2.45, 2.75) is 0 Å². The second-order valence-electron chi connectivity index (χ2n) is 4.40. The van der Waals surface area contributed by atoms with Gasteiger partial charge in [0, 0.05) is 17.4 Å². The number of hydrogen-bond donors (Lipinski definition) is 2. The van der Waals surface area contributed by atoms with Gasteiger partial charge in [-0.1, -0.05) is 35.1 Å². The van der Waals surface area contributed by atoms with Gasteiger partial charge < -0.3 is 10.4 Å². The molecule has 1 aromatic carbocycles. The maximum absolute atomic E-state index is 11.0. The summed E-state index contributed by atoms with van der Waals surface area (Å²) in [5, 5.41) is 13.3. The Morgan fingerprint density at radius 3 is 2.86 bits per heavy atom. The van der Waals surface area contributed by atoms with Crippen LogP contribution in [0.3, 0.4) is 0 Å². The zero-order valence-corrected chi connectivity index (χ0v) is 12.7. The van der Waals surface area contributed by atoms with E-state index in [9.17, 15) is 4.79 Å². The fourth-order valence-corrected chi connectivity index (χ4v) is 2.83. The monoisotopic (exact) mass is 331 g/mol. The fraction of sp³-hybridized carbons (Fsp3) is 0. The van der Waals surface area contributed by atoms with Gasteiger partial charge in [-0.3, -0.25) is 0 Å². The first-order valence-electron chi connectivity index (χ1n) is 6.30. The van der Waals surface area contributed by atoms with E-state index in [1.807, 2.05) is 6.07 Å². The van der Waals surface area contributed by atoms with E-state index in [4.69, 9.17) is 16.7 Å². The molecule has 0 bridgehead atoms. The fourth-order valence-electron chi connectivity index (χ4n) is 1.85. The van der Waals surface area contributed by atoms with Gasteiger partial charge in [-0.15, -0.1) is 0 Å². The number of carboxylic acids is 1. The second-order valence-corrected chi connectivity index (χ2v) is 5.87. The third kappa shape index (κ3) is 3.24. The molecule has 3 aromatic rings. The lowest BCUT2D eigenvalue weighted by Crippen LogP contribution is -1.95. The Morgan fingerprint density at radius 2 is 2.09 bits per heavy atom. The van der Waals surface area contributed by atoms with E-state index in [1.165, 1.54) is 11.3 Å². The molecule has 0 fully saturated rings. The average molecular weight is 332 g/mol. The molecule has 5 nitrogen and oxygen atoms in total. The van der Waals surface area contributed by atoms with E-state index in [0.29, 0.717) is 16.0 Å². The summed E-state index contributed by atoms with van der Waals surface area (Å²) in [6.07, 6.45) is 3.30. The number of thiazole rings is 1. The number of carboxylic acid groups (broad SMARTS) is 1. The number of anilines is 2. The largest absolute Gasteiger partial charge is 0.478 e. The highest BCUT2D eigenvalue weighted by atomic mass is 35.5. The number of benzene rings is 1. The van der Waals surface area contributed by atoms with E-state index in [-0.39, 0.29) is 5.56 Å². The quantitative estimate of drug-likeness (QED) is 0.745. The van der Waals surface area contributed by atoms with E-state index >= 15 is 0 Å². The molecular weight excluding hydrogens is 322 g/mol. The van der Waals surface area contributed by atoms with E-state index in [2.05, 4.69) is 15.3 Å². The molecule has 0 atom stereocenters. The first-order chi connectivity index (χ1) is 10.6. The minimum absolute atomic E-state index is 0.247. The van der Waals surface area contributed by atoms with Gasteiger partial charge >= 0.3 is 5.97 Å². The van der Waals surface area contributed by atoms with Crippen LogP contribution in [0.15, 0.2) is 48.8 Å². The van der Waals surface area contributed by atoms with Gasteiger partial charge in [-0.05, 0) is 29.8 Å². The predicted molar refractivity (Wildman–Crippen MR) is 87.0 cm³/mol. The van der Waals surface area contributed by atoms with Crippen molar-refractivity contribution in [1.29, 1.82) is 0 Å². The molecule has 0 saturated heterocycles. The molecule has 0 aliphatic rings. The lowest BCUT2D eigenvalue weighted by Gasteiger charge is -2.01. The molecule has 110 valence electrons. The van der Waals surface area contributed by atoms with Crippen molar-refractivity contribution in [1.82, 2.24) is 9.97 Å². The van der Waals surface area contributed by atoms with Crippen molar-refractivity contribution in [3.05, 3.63) is 59.4 Å². The molecule has 0 unspecified atom stereocenters. The van der Waals surface area contributed by atoms with E-state index in [0.717, 1.165) is 10.4 Å². The van der Waals surface area contributed by atoms with Gasteiger partial charge in [0.05, 0.1) is 10.4 Å². The zero-order valence-electron chi connectivity index (χ0n) is 11.2. The van der Waals surface area contributed by atoms with Crippen molar-refractivity contribution in [3.63, 3.8) is 0 Å². The number of carbonyl (C=O) groups is 1. The number of nitrogens with zero attached hydrogens (tertiary/aromatic N) is 2. The van der Waals surface area contributed by atoms with Crippen molar-refractivity contribution in [2.24, 2.45) is 0 Å². The van der Waals surface area contributed by atoms with Crippen LogP contribution in [0.2, 0.25) is 5.02 Å². The number of pyridine rings is 1. The topological polar surface area (TPSA) is 75.1 Å². The van der Waals surface area contributed by atoms with Gasteiger partial charge in [0.15, 0.2) is 5.13 Å². The summed E-state index contributed by atoms with van der Waals surface area (Å²) in [7, 11) is 0. The molecule has 22 heavy (non-hydrogen) atoms. The predicted octanol–water partition coefficient (Wildman–Crippen LogP) is 4.30. The first kappa shape index (κ1) is 14.5. The summed E-state index contributed by atoms with van der Waals surface area (Å²) in [6.45, 7) is 0. The number of nitrogens with one attached hydrogen (secondary N) is 1. The summed E-state index contributed by atoms with van der Waals surface area (Å²) in [5.74, 6) is -0.347. The molecule has 2 aromatic heterocycles. The Morgan fingerprint density at radius 1 is 1.23 bits per heavy atom. The molecule has 2 heterocycles. The van der Waals surface area contributed by atoms with Crippen LogP contribution in [0.5, 0.6) is 0 Å². The maximum Gasteiger partial charge on any atom is 0.335 e. The van der Waals surface area contributed by atoms with Gasteiger partial charge in [0.25, 0.3) is 0 Å². The van der Waals surface area contributed by atoms with E-state index < -0.39 is 5.97 Å². The zero-order chi connectivity index (χ0) is 15.5. The highest BCUT2D eigenvalue weighted by Gasteiger charge is 2.08. The Balaban J connectivity index is 1.84. The number of halogens is 1. The maximum atomic E-state index is 11.0. The van der Waals surface area contributed by atoms with Crippen LogP contribution in [0.1, 0.15) is 10.4 Å². The molecule has 0 aliphatic carbocycles. The summed E-state index contributed by atoms with van der Waals surface area (Å²) in [5.41, 5.74) is 1.06. The minimum atomic E-state index is -0.951. The minimum Gasteiger partial charge on any atom is -0.478 e. The van der Waals surface area contributed by atoms with Crippen molar-refractivity contribution in [3.8, 4) is 10.4 Å². The summed E-state index contributed by atoms with van der Waals surface area (Å²) >= 11 is 7.32. The van der Waals surface area contributed by atoms with Crippen LogP contribution >= 0.6 is 22.9 Å². The van der Waals surface area contributed by atoms with Crippen molar-refractivity contribution in [2.75, 3.05) is 5.32 Å². The average Bonchev–Trinajstić information content (AvgIpc) is 2.96. The number of aromatic nitrogens is 2. The van der Waals surface area contributed by atoms with Crippen molar-refractivity contribution >= 4 is 39.9 Å². The highest BCUT2D eigenvalue weighted by Crippen LogP contribution is 2.31. The SMILES string of the molecule is O=C(O)c1cccc(-c2cnc(Nc3cc(Cl)ccn3)s2)c1. The Labute approximate surface area is 135 Å². The molecule has 2 N–H and O–H groups in total. The third-order valence-electron chi connectivity index (χ3n) is 2.86. The lowest BCUT2D eigenvalue weighted by molar-refractivity contribution is 0.0697. The third-order valence-corrected chi connectivity index (χ3v) is 4.05. The Kier molecular flexibility index (Phi) is 4.04. The first-order valence-corrected chi connectivity index (χ1v) is 7.49. The van der Waals surface area contributed by atoms with Gasteiger partial charge in [-0.25, -0.2) is 14.8 Å². The molecule has 0 amide bonds. The van der Waals surface area contributed by atoms with Crippen LogP contribution in [0, 0.1) is 0 Å². The molecule has 0 spiro atoms. The summed E-state index contributed by atoms with van der Waals surface area (Å²) < 4.78 is 0. The molecule has 0 radical (unpaired) electrons. The van der Waals surface area contributed by atoms with Gasteiger partial charge in [0.2, 0.25) is 0 Å². The molecular formula is C15H10ClN3O2S. The number of aromatic carboxylic acids is 1. The number of hydrogen-bond acceptors (Lipinski definition) is 5. The smallest absolute Gasteiger partial charge is 0.335 e. The number of rotatable bonds is 4. The van der Waals surface area contributed by atoms with Gasteiger partial charge in [0.1, 0.15) is 5.82 Å². The Bertz CT molecular complexity index is 835. The van der Waals surface area contributed by atoms with Crippen LogP contribution in [-0.2, 0) is 0 Å².